The van der Waals surface area contributed by atoms with Gasteiger partial charge in [0.2, 0.25) is 24.5 Å². The predicted octanol–water partition coefficient (Wildman–Crippen LogP) is 2.49. The minimum Gasteiger partial charge on any atom is -0.479 e. The number of hydrogen-bond acceptors (Lipinski definition) is 9. The maximum Gasteiger partial charge on any atom is 0.322 e. The number of imidazole rings is 1. The van der Waals surface area contributed by atoms with Gasteiger partial charge in [0, 0.05) is 11.8 Å². The van der Waals surface area contributed by atoms with E-state index in [2.05, 4.69) is 30.5 Å². The lowest BCUT2D eigenvalue weighted by atomic mass is 10.2. The summed E-state index contributed by atoms with van der Waals surface area (Å²) in [6.07, 6.45) is 1.63. The number of aromatic nitrogens is 5. The van der Waals surface area contributed by atoms with Gasteiger partial charge < -0.3 is 23.6 Å². The fraction of sp³-hybridized carbons (Fsp3) is 0.125. The number of rotatable bonds is 4. The average molecular weight is 352 g/mol. The molecule has 26 heavy (non-hydrogen) atoms. The van der Waals surface area contributed by atoms with E-state index in [1.54, 1.807) is 31.5 Å². The van der Waals surface area contributed by atoms with E-state index in [0.717, 1.165) is 11.1 Å². The Morgan fingerprint density at radius 1 is 1.15 bits per heavy atom. The zero-order valence-electron chi connectivity index (χ0n) is 13.5. The SMILES string of the molecule is COc1nccc2[nH]c(Nc3nnc(-c4ccc5c(c4)OCO5)o3)nc12. The highest BCUT2D eigenvalue weighted by molar-refractivity contribution is 5.82. The highest BCUT2D eigenvalue weighted by Crippen LogP contribution is 2.36. The first-order valence-corrected chi connectivity index (χ1v) is 7.69. The van der Waals surface area contributed by atoms with E-state index in [-0.39, 0.29) is 12.8 Å². The second-order valence-corrected chi connectivity index (χ2v) is 5.41. The molecule has 4 heterocycles. The first-order valence-electron chi connectivity index (χ1n) is 7.69. The van der Waals surface area contributed by atoms with Crippen molar-refractivity contribution in [3.63, 3.8) is 0 Å². The fourth-order valence-corrected chi connectivity index (χ4v) is 2.64. The molecule has 0 bridgehead atoms. The van der Waals surface area contributed by atoms with Crippen molar-refractivity contribution in [3.8, 4) is 28.8 Å². The van der Waals surface area contributed by atoms with Crippen LogP contribution in [0.4, 0.5) is 12.0 Å². The number of pyridine rings is 1. The van der Waals surface area contributed by atoms with Crippen LogP contribution >= 0.6 is 0 Å². The average Bonchev–Trinajstić information content (AvgIpc) is 3.39. The van der Waals surface area contributed by atoms with Crippen molar-refractivity contribution in [2.75, 3.05) is 19.2 Å². The molecule has 5 rings (SSSR count). The third-order valence-electron chi connectivity index (χ3n) is 3.83. The fourth-order valence-electron chi connectivity index (χ4n) is 2.64. The van der Waals surface area contributed by atoms with E-state index in [0.29, 0.717) is 34.7 Å². The van der Waals surface area contributed by atoms with Gasteiger partial charge in [-0.1, -0.05) is 5.10 Å². The number of methoxy groups -OCH3 is 1. The van der Waals surface area contributed by atoms with Crippen molar-refractivity contribution < 1.29 is 18.6 Å². The van der Waals surface area contributed by atoms with Crippen LogP contribution in [0.2, 0.25) is 0 Å². The van der Waals surface area contributed by atoms with Crippen molar-refractivity contribution in [3.05, 3.63) is 30.5 Å². The topological polar surface area (TPSA) is 120 Å². The van der Waals surface area contributed by atoms with E-state index in [9.17, 15) is 0 Å². The molecule has 0 spiro atoms. The molecule has 0 amide bonds. The van der Waals surface area contributed by atoms with Gasteiger partial charge in [-0.3, -0.25) is 5.32 Å². The van der Waals surface area contributed by atoms with Crippen LogP contribution in [0.1, 0.15) is 0 Å². The van der Waals surface area contributed by atoms with Crippen molar-refractivity contribution in [2.24, 2.45) is 0 Å². The minimum absolute atomic E-state index is 0.198. The van der Waals surface area contributed by atoms with Crippen LogP contribution < -0.4 is 19.5 Å². The summed E-state index contributed by atoms with van der Waals surface area (Å²) in [4.78, 5) is 11.6. The number of H-pyrrole nitrogens is 1. The van der Waals surface area contributed by atoms with Gasteiger partial charge in [0.25, 0.3) is 0 Å². The molecule has 0 saturated heterocycles. The van der Waals surface area contributed by atoms with Crippen LogP contribution in [0.25, 0.3) is 22.5 Å². The molecule has 0 aliphatic carbocycles. The van der Waals surface area contributed by atoms with Crippen LogP contribution in [-0.4, -0.2) is 39.1 Å². The van der Waals surface area contributed by atoms with Gasteiger partial charge in [0.1, 0.15) is 0 Å². The number of fused-ring (bicyclic) bond motifs is 2. The van der Waals surface area contributed by atoms with E-state index in [1.807, 2.05) is 6.07 Å². The zero-order chi connectivity index (χ0) is 17.5. The molecule has 1 aromatic carbocycles. The first kappa shape index (κ1) is 14.5. The summed E-state index contributed by atoms with van der Waals surface area (Å²) in [6, 6.07) is 7.40. The lowest BCUT2D eigenvalue weighted by molar-refractivity contribution is 0.174. The summed E-state index contributed by atoms with van der Waals surface area (Å²) in [5, 5.41) is 11.0. The van der Waals surface area contributed by atoms with Crippen LogP contribution in [0, 0.1) is 0 Å². The van der Waals surface area contributed by atoms with Crippen LogP contribution in [0.3, 0.4) is 0 Å². The summed E-state index contributed by atoms with van der Waals surface area (Å²) in [5.41, 5.74) is 2.10. The predicted molar refractivity (Wildman–Crippen MR) is 89.6 cm³/mol. The largest absolute Gasteiger partial charge is 0.479 e. The molecule has 10 heteroatoms. The van der Waals surface area contributed by atoms with Gasteiger partial charge in [-0.25, -0.2) is 9.97 Å². The van der Waals surface area contributed by atoms with E-state index in [1.165, 1.54) is 0 Å². The smallest absolute Gasteiger partial charge is 0.322 e. The molecule has 0 fully saturated rings. The number of hydrogen-bond donors (Lipinski definition) is 2. The van der Waals surface area contributed by atoms with Gasteiger partial charge in [0.05, 0.1) is 12.6 Å². The maximum absolute atomic E-state index is 5.65. The second kappa shape index (κ2) is 5.62. The molecule has 0 unspecified atom stereocenters. The summed E-state index contributed by atoms with van der Waals surface area (Å²) >= 11 is 0. The maximum atomic E-state index is 5.65. The molecule has 0 radical (unpaired) electrons. The Labute approximate surface area is 146 Å². The monoisotopic (exact) mass is 352 g/mol. The van der Waals surface area contributed by atoms with E-state index < -0.39 is 0 Å². The van der Waals surface area contributed by atoms with E-state index in [4.69, 9.17) is 18.6 Å². The second-order valence-electron chi connectivity index (χ2n) is 5.41. The normalized spacial score (nSPS) is 12.5. The molecule has 10 nitrogen and oxygen atoms in total. The minimum atomic E-state index is 0.198. The Balaban J connectivity index is 1.42. The standard InChI is InChI=1S/C16H12N6O4/c1-23-14-12-9(4-5-17-14)18-15(19-12)20-16-22-21-13(26-16)8-2-3-10-11(6-8)25-7-24-10/h2-6H,7H2,1H3,(H2,18,19,20,22). The number of ether oxygens (including phenoxy) is 3. The summed E-state index contributed by atoms with van der Waals surface area (Å²) in [5.74, 6) is 2.55. The number of benzene rings is 1. The van der Waals surface area contributed by atoms with Crippen LogP contribution in [-0.2, 0) is 0 Å². The molecule has 130 valence electrons. The molecule has 3 aromatic heterocycles. The van der Waals surface area contributed by atoms with Crippen molar-refractivity contribution in [1.29, 1.82) is 0 Å². The molecule has 4 aromatic rings. The number of nitrogens with zero attached hydrogens (tertiary/aromatic N) is 4. The first-order chi connectivity index (χ1) is 12.8. The van der Waals surface area contributed by atoms with Gasteiger partial charge in [-0.05, 0) is 24.3 Å². The summed E-state index contributed by atoms with van der Waals surface area (Å²) in [7, 11) is 1.54. The Kier molecular flexibility index (Phi) is 3.14. The third kappa shape index (κ3) is 2.35. The van der Waals surface area contributed by atoms with Gasteiger partial charge in [-0.15, -0.1) is 5.10 Å². The van der Waals surface area contributed by atoms with Crippen molar-refractivity contribution in [1.82, 2.24) is 25.1 Å². The number of anilines is 2. The Hall–Kier alpha value is -3.82. The Morgan fingerprint density at radius 2 is 2.08 bits per heavy atom. The molecular weight excluding hydrogens is 340 g/mol. The van der Waals surface area contributed by atoms with E-state index >= 15 is 0 Å². The molecular formula is C16H12N6O4. The Morgan fingerprint density at radius 3 is 3.00 bits per heavy atom. The molecule has 1 aliphatic rings. The highest BCUT2D eigenvalue weighted by Gasteiger charge is 2.17. The zero-order valence-corrected chi connectivity index (χ0v) is 13.5. The Bertz CT molecular complexity index is 1110. The highest BCUT2D eigenvalue weighted by atomic mass is 16.7. The van der Waals surface area contributed by atoms with Crippen LogP contribution in [0.5, 0.6) is 17.4 Å². The third-order valence-corrected chi connectivity index (χ3v) is 3.83. The van der Waals surface area contributed by atoms with Crippen LogP contribution in [0.15, 0.2) is 34.9 Å². The lowest BCUT2D eigenvalue weighted by Crippen LogP contribution is -1.92. The molecule has 0 saturated carbocycles. The number of aromatic amines is 1. The van der Waals surface area contributed by atoms with Crippen molar-refractivity contribution in [2.45, 2.75) is 0 Å². The quantitative estimate of drug-likeness (QED) is 0.570. The van der Waals surface area contributed by atoms with Crippen molar-refractivity contribution >= 4 is 23.0 Å². The molecule has 0 atom stereocenters. The van der Waals surface area contributed by atoms with Gasteiger partial charge in [0.15, 0.2) is 17.0 Å². The lowest BCUT2D eigenvalue weighted by Gasteiger charge is -1.98. The summed E-state index contributed by atoms with van der Waals surface area (Å²) in [6.45, 7) is 0.208. The van der Waals surface area contributed by atoms with Gasteiger partial charge >= 0.3 is 6.01 Å². The molecule has 1 aliphatic heterocycles. The molecule has 2 N–H and O–H groups in total. The summed E-state index contributed by atoms with van der Waals surface area (Å²) < 4.78 is 21.5. The number of nitrogens with one attached hydrogen (secondary N) is 2. The van der Waals surface area contributed by atoms with Gasteiger partial charge in [-0.2, -0.15) is 0 Å².